The van der Waals surface area contributed by atoms with Crippen molar-refractivity contribution in [2.45, 2.75) is 51.2 Å². The average Bonchev–Trinajstić information content (AvgIpc) is 2.89. The number of hydrogen-bond acceptors (Lipinski definition) is 3. The Morgan fingerprint density at radius 1 is 1.53 bits per heavy atom. The SMILES string of the molecule is CCCNC(CC1CCCCO1)c1cccs1. The quantitative estimate of drug-likeness (QED) is 0.833. The molecule has 0 amide bonds. The third-order valence-electron chi connectivity index (χ3n) is 3.30. The van der Waals surface area contributed by atoms with Gasteiger partial charge in [-0.2, -0.15) is 0 Å². The predicted molar refractivity (Wildman–Crippen MR) is 73.6 cm³/mol. The van der Waals surface area contributed by atoms with Crippen LogP contribution in [0.4, 0.5) is 0 Å². The van der Waals surface area contributed by atoms with Gasteiger partial charge in [-0.05, 0) is 50.1 Å². The highest BCUT2D eigenvalue weighted by molar-refractivity contribution is 7.10. The zero-order valence-corrected chi connectivity index (χ0v) is 11.5. The van der Waals surface area contributed by atoms with Crippen LogP contribution in [0.5, 0.6) is 0 Å². The fraction of sp³-hybridized carbons (Fsp3) is 0.714. The molecule has 0 aliphatic carbocycles. The van der Waals surface area contributed by atoms with E-state index in [4.69, 9.17) is 4.74 Å². The minimum atomic E-state index is 0.459. The molecule has 2 nitrogen and oxygen atoms in total. The van der Waals surface area contributed by atoms with Crippen molar-refractivity contribution in [3.63, 3.8) is 0 Å². The summed E-state index contributed by atoms with van der Waals surface area (Å²) in [4.78, 5) is 1.45. The van der Waals surface area contributed by atoms with Crippen LogP contribution in [0, 0.1) is 0 Å². The first-order valence-electron chi connectivity index (χ1n) is 6.78. The summed E-state index contributed by atoms with van der Waals surface area (Å²) in [7, 11) is 0. The Morgan fingerprint density at radius 2 is 2.47 bits per heavy atom. The van der Waals surface area contributed by atoms with Crippen molar-refractivity contribution < 1.29 is 4.74 Å². The monoisotopic (exact) mass is 253 g/mol. The zero-order chi connectivity index (χ0) is 11.9. The molecule has 0 saturated carbocycles. The van der Waals surface area contributed by atoms with E-state index in [0.717, 1.165) is 19.6 Å². The summed E-state index contributed by atoms with van der Waals surface area (Å²) in [5.74, 6) is 0. The van der Waals surface area contributed by atoms with Gasteiger partial charge in [-0.1, -0.05) is 13.0 Å². The van der Waals surface area contributed by atoms with Gasteiger partial charge in [-0.3, -0.25) is 0 Å². The van der Waals surface area contributed by atoms with E-state index in [0.29, 0.717) is 12.1 Å². The van der Waals surface area contributed by atoms with Crippen LogP contribution < -0.4 is 5.32 Å². The van der Waals surface area contributed by atoms with E-state index in [-0.39, 0.29) is 0 Å². The van der Waals surface area contributed by atoms with E-state index < -0.39 is 0 Å². The average molecular weight is 253 g/mol. The van der Waals surface area contributed by atoms with Crippen LogP contribution in [0.1, 0.15) is 49.9 Å². The number of hydrogen-bond donors (Lipinski definition) is 1. The molecule has 0 radical (unpaired) electrons. The molecule has 2 rings (SSSR count). The molecule has 2 unspecified atom stereocenters. The number of nitrogens with one attached hydrogen (secondary N) is 1. The third-order valence-corrected chi connectivity index (χ3v) is 4.29. The van der Waals surface area contributed by atoms with Crippen molar-refractivity contribution in [3.05, 3.63) is 22.4 Å². The molecule has 1 aliphatic rings. The Bertz CT molecular complexity index is 293. The Labute approximate surface area is 108 Å². The van der Waals surface area contributed by atoms with Crippen molar-refractivity contribution in [2.75, 3.05) is 13.2 Å². The van der Waals surface area contributed by atoms with Crippen molar-refractivity contribution in [1.82, 2.24) is 5.32 Å². The second kappa shape index (κ2) is 7.14. The Morgan fingerprint density at radius 3 is 3.12 bits per heavy atom. The molecule has 1 saturated heterocycles. The lowest BCUT2D eigenvalue weighted by Gasteiger charge is -2.27. The van der Waals surface area contributed by atoms with Crippen LogP contribution in [0.15, 0.2) is 17.5 Å². The Hall–Kier alpha value is -0.380. The van der Waals surface area contributed by atoms with Crippen molar-refractivity contribution in [2.24, 2.45) is 0 Å². The maximum atomic E-state index is 5.85. The number of ether oxygens (including phenoxy) is 1. The van der Waals surface area contributed by atoms with Gasteiger partial charge in [0.05, 0.1) is 6.10 Å². The molecule has 3 heteroatoms. The van der Waals surface area contributed by atoms with E-state index in [1.54, 1.807) is 0 Å². The van der Waals surface area contributed by atoms with Crippen LogP contribution in [-0.2, 0) is 4.74 Å². The highest BCUT2D eigenvalue weighted by Crippen LogP contribution is 2.27. The van der Waals surface area contributed by atoms with Gasteiger partial charge in [0.15, 0.2) is 0 Å². The van der Waals surface area contributed by atoms with Crippen LogP contribution in [0.3, 0.4) is 0 Å². The Balaban J connectivity index is 1.90. The predicted octanol–water partition coefficient (Wildman–Crippen LogP) is 3.75. The van der Waals surface area contributed by atoms with E-state index in [1.165, 1.54) is 30.6 Å². The molecule has 0 aromatic carbocycles. The topological polar surface area (TPSA) is 21.3 Å². The molecule has 17 heavy (non-hydrogen) atoms. The second-order valence-electron chi connectivity index (χ2n) is 4.75. The summed E-state index contributed by atoms with van der Waals surface area (Å²) < 4.78 is 5.85. The summed E-state index contributed by atoms with van der Waals surface area (Å²) in [5.41, 5.74) is 0. The molecule has 1 aliphatic heterocycles. The summed E-state index contributed by atoms with van der Waals surface area (Å²) >= 11 is 1.85. The smallest absolute Gasteiger partial charge is 0.0593 e. The molecule has 1 fully saturated rings. The van der Waals surface area contributed by atoms with Crippen LogP contribution in [-0.4, -0.2) is 19.3 Å². The lowest BCUT2D eigenvalue weighted by Crippen LogP contribution is -2.28. The standard InChI is InChI=1S/C14H23NOS/c1-2-8-15-13(14-7-5-10-17-14)11-12-6-3-4-9-16-12/h5,7,10,12-13,15H,2-4,6,8-9,11H2,1H3. The highest BCUT2D eigenvalue weighted by Gasteiger charge is 2.20. The molecule has 96 valence electrons. The summed E-state index contributed by atoms with van der Waals surface area (Å²) in [6, 6.07) is 4.86. The third kappa shape index (κ3) is 4.09. The van der Waals surface area contributed by atoms with Crippen LogP contribution in [0.2, 0.25) is 0 Å². The molecule has 1 aromatic heterocycles. The minimum absolute atomic E-state index is 0.459. The molecule has 0 spiro atoms. The Kier molecular flexibility index (Phi) is 5.49. The maximum absolute atomic E-state index is 5.85. The van der Waals surface area contributed by atoms with Gasteiger partial charge in [-0.15, -0.1) is 11.3 Å². The second-order valence-corrected chi connectivity index (χ2v) is 5.73. The van der Waals surface area contributed by atoms with Gasteiger partial charge < -0.3 is 10.1 Å². The van der Waals surface area contributed by atoms with Gasteiger partial charge in [0, 0.05) is 17.5 Å². The van der Waals surface area contributed by atoms with E-state index >= 15 is 0 Å². The zero-order valence-electron chi connectivity index (χ0n) is 10.7. The van der Waals surface area contributed by atoms with Gasteiger partial charge in [0.2, 0.25) is 0 Å². The fourth-order valence-corrected chi connectivity index (χ4v) is 3.18. The van der Waals surface area contributed by atoms with E-state index in [2.05, 4.69) is 29.8 Å². The molecule has 1 N–H and O–H groups in total. The van der Waals surface area contributed by atoms with Gasteiger partial charge >= 0.3 is 0 Å². The van der Waals surface area contributed by atoms with Gasteiger partial charge in [-0.25, -0.2) is 0 Å². The number of thiophene rings is 1. The molecular weight excluding hydrogens is 230 g/mol. The largest absolute Gasteiger partial charge is 0.378 e. The summed E-state index contributed by atoms with van der Waals surface area (Å²) in [6.45, 7) is 4.26. The van der Waals surface area contributed by atoms with Crippen LogP contribution >= 0.6 is 11.3 Å². The first-order valence-corrected chi connectivity index (χ1v) is 7.66. The first kappa shape index (κ1) is 13.1. The number of rotatable bonds is 6. The molecule has 1 aromatic rings. The van der Waals surface area contributed by atoms with Crippen molar-refractivity contribution >= 4 is 11.3 Å². The van der Waals surface area contributed by atoms with Crippen molar-refractivity contribution in [1.29, 1.82) is 0 Å². The summed E-state index contributed by atoms with van der Waals surface area (Å²) in [5, 5.41) is 5.81. The van der Waals surface area contributed by atoms with Crippen LogP contribution in [0.25, 0.3) is 0 Å². The van der Waals surface area contributed by atoms with E-state index in [9.17, 15) is 0 Å². The normalized spacial score (nSPS) is 22.5. The highest BCUT2D eigenvalue weighted by atomic mass is 32.1. The first-order chi connectivity index (χ1) is 8.40. The van der Waals surface area contributed by atoms with E-state index in [1.807, 2.05) is 11.3 Å². The minimum Gasteiger partial charge on any atom is -0.378 e. The fourth-order valence-electron chi connectivity index (χ4n) is 2.36. The molecule has 0 bridgehead atoms. The molecule has 2 atom stereocenters. The summed E-state index contributed by atoms with van der Waals surface area (Å²) in [6.07, 6.45) is 6.57. The lowest BCUT2D eigenvalue weighted by molar-refractivity contribution is 0.00526. The van der Waals surface area contributed by atoms with Crippen molar-refractivity contribution in [3.8, 4) is 0 Å². The van der Waals surface area contributed by atoms with Gasteiger partial charge in [0.25, 0.3) is 0 Å². The lowest BCUT2D eigenvalue weighted by atomic mass is 10.0. The molecule has 2 heterocycles. The molecular formula is C14H23NOS. The maximum Gasteiger partial charge on any atom is 0.0593 e. The van der Waals surface area contributed by atoms with Gasteiger partial charge in [0.1, 0.15) is 0 Å².